The van der Waals surface area contributed by atoms with E-state index in [1.165, 1.54) is 43.0 Å². The molecule has 69 heavy (non-hydrogen) atoms. The van der Waals surface area contributed by atoms with Gasteiger partial charge < -0.3 is 19.4 Å². The minimum Gasteiger partial charge on any atom is -0.487 e. The number of amides is 6. The number of nitrogens with one attached hydrogen (secondary N) is 1. The van der Waals surface area contributed by atoms with Gasteiger partial charge in [-0.3, -0.25) is 43.9 Å². The summed E-state index contributed by atoms with van der Waals surface area (Å²) in [5.74, 6) is -3.47. The molecule has 1 unspecified atom stereocenters. The number of carbonyl (C=O) groups is 6. The van der Waals surface area contributed by atoms with E-state index in [-0.39, 0.29) is 57.0 Å². The smallest absolute Gasteiger partial charge is 0.417 e. The molecule has 3 aromatic carbocycles. The standard InChI is InChI=1S/C50H49F4N7O7S/c1-47(2)45(67)59(31-4-3-29(27-55)36(24-31)50(52,53)54)46(69)61(47)32-5-6-33(37(51)25-32)42(64)58-19-15-48(16-20-58)12-10-30(11-13-48)57-21-17-49(18-22-57)14-9-28-23-34-35(26-39(28)68-49)44(66)60(43(34)65)38-7-8-40(62)56-41(38)63/h3-6,23-26,30,38H,7-22H2,1-2H3,(H,56,62,63). The third kappa shape index (κ3) is 7.83. The van der Waals surface area contributed by atoms with E-state index in [0.29, 0.717) is 37.4 Å². The Balaban J connectivity index is 0.726. The quantitative estimate of drug-likeness (QED) is 0.158. The average Bonchev–Trinajstić information content (AvgIpc) is 3.66. The number of fused-ring (bicyclic) bond motifs is 2. The highest BCUT2D eigenvalue weighted by Gasteiger charge is 2.52. The second kappa shape index (κ2) is 16.7. The summed E-state index contributed by atoms with van der Waals surface area (Å²) < 4.78 is 64.1. The fourth-order valence-electron chi connectivity index (χ4n) is 11.8. The van der Waals surface area contributed by atoms with Gasteiger partial charge in [0.15, 0.2) is 5.11 Å². The van der Waals surface area contributed by atoms with Crippen molar-refractivity contribution in [2.75, 3.05) is 36.0 Å². The number of nitriles is 1. The summed E-state index contributed by atoms with van der Waals surface area (Å²) in [6, 6.07) is 11.1. The Morgan fingerprint density at radius 1 is 0.826 bits per heavy atom. The van der Waals surface area contributed by atoms with E-state index in [1.54, 1.807) is 17.0 Å². The molecule has 4 saturated heterocycles. The van der Waals surface area contributed by atoms with Gasteiger partial charge in [0.2, 0.25) is 11.8 Å². The topological polar surface area (TPSA) is 164 Å². The molecule has 1 saturated carbocycles. The molecule has 1 aliphatic carbocycles. The number of rotatable bonds is 5. The van der Waals surface area contributed by atoms with Crippen molar-refractivity contribution in [1.29, 1.82) is 5.26 Å². The predicted octanol–water partition coefficient (Wildman–Crippen LogP) is 7.06. The number of benzene rings is 3. The van der Waals surface area contributed by atoms with E-state index in [4.69, 9.17) is 17.0 Å². The Labute approximate surface area is 400 Å². The maximum Gasteiger partial charge on any atom is 0.417 e. The van der Waals surface area contributed by atoms with Crippen molar-refractivity contribution in [2.24, 2.45) is 5.41 Å². The number of likely N-dealkylation sites (tertiary alicyclic amines) is 2. The van der Waals surface area contributed by atoms with Gasteiger partial charge in [-0.05, 0) is 156 Å². The number of halogens is 4. The monoisotopic (exact) mass is 967 g/mol. The highest BCUT2D eigenvalue weighted by molar-refractivity contribution is 7.81. The highest BCUT2D eigenvalue weighted by atomic mass is 32.1. The lowest BCUT2D eigenvalue weighted by atomic mass is 9.66. The molecule has 0 radical (unpaired) electrons. The fourth-order valence-corrected chi connectivity index (χ4v) is 12.4. The maximum absolute atomic E-state index is 16.0. The molecule has 19 heteroatoms. The lowest BCUT2D eigenvalue weighted by Gasteiger charge is -2.50. The number of anilines is 2. The van der Waals surface area contributed by atoms with Crippen LogP contribution in [0.25, 0.3) is 0 Å². The molecule has 2 spiro atoms. The largest absolute Gasteiger partial charge is 0.487 e. The fraction of sp³-hybridized carbons (Fsp3) is 0.480. The van der Waals surface area contributed by atoms with Crippen molar-refractivity contribution in [3.05, 3.63) is 87.7 Å². The van der Waals surface area contributed by atoms with Crippen LogP contribution in [0.3, 0.4) is 0 Å². The molecule has 0 aromatic heterocycles. The van der Waals surface area contributed by atoms with Crippen LogP contribution in [-0.2, 0) is 27.0 Å². The average molecular weight is 968 g/mol. The molecule has 3 aromatic rings. The number of piperidine rings is 3. The van der Waals surface area contributed by atoms with Crippen molar-refractivity contribution in [3.63, 3.8) is 0 Å². The van der Waals surface area contributed by atoms with Crippen LogP contribution < -0.4 is 19.9 Å². The number of carbonyl (C=O) groups excluding carboxylic acids is 6. The zero-order valence-corrected chi connectivity index (χ0v) is 38.9. The van der Waals surface area contributed by atoms with E-state index in [0.717, 1.165) is 98.4 Å². The van der Waals surface area contributed by atoms with Gasteiger partial charge in [-0.1, -0.05) is 0 Å². The third-order valence-electron chi connectivity index (χ3n) is 15.9. The number of ether oxygens (including phenoxy) is 1. The number of aryl methyl sites for hydroxylation is 1. The number of hydrogen-bond donors (Lipinski definition) is 1. The van der Waals surface area contributed by atoms with Gasteiger partial charge in [0, 0.05) is 44.3 Å². The molecule has 6 aliphatic heterocycles. The molecular formula is C50H49F4N7O7S. The molecule has 1 atom stereocenters. The van der Waals surface area contributed by atoms with Crippen molar-refractivity contribution in [2.45, 2.75) is 120 Å². The van der Waals surface area contributed by atoms with E-state index < -0.39 is 70.1 Å². The van der Waals surface area contributed by atoms with Crippen LogP contribution in [0.2, 0.25) is 0 Å². The number of alkyl halides is 3. The van der Waals surface area contributed by atoms with Crippen molar-refractivity contribution in [1.82, 2.24) is 20.0 Å². The first-order valence-corrected chi connectivity index (χ1v) is 23.8. The second-order valence-corrected chi connectivity index (χ2v) is 20.5. The molecule has 0 bridgehead atoms. The first-order valence-electron chi connectivity index (χ1n) is 23.4. The van der Waals surface area contributed by atoms with Gasteiger partial charge in [-0.15, -0.1) is 0 Å². The lowest BCUT2D eigenvalue weighted by molar-refractivity contribution is -0.138. The highest BCUT2D eigenvalue weighted by Crippen LogP contribution is 2.48. The molecule has 5 fully saturated rings. The number of nitrogens with zero attached hydrogens (tertiary/aromatic N) is 6. The van der Waals surface area contributed by atoms with Crippen molar-refractivity contribution < 1.29 is 51.1 Å². The summed E-state index contributed by atoms with van der Waals surface area (Å²) in [4.78, 5) is 86.1. The Kier molecular flexibility index (Phi) is 11.3. The van der Waals surface area contributed by atoms with Crippen LogP contribution in [0.5, 0.6) is 5.75 Å². The maximum atomic E-state index is 16.0. The predicted molar refractivity (Wildman–Crippen MR) is 245 cm³/mol. The molecule has 7 aliphatic rings. The SMILES string of the molecule is CC1(C)C(=O)N(c2ccc(C#N)c(C(F)(F)F)c2)C(=S)N1c1ccc(C(=O)N2CCC3(CCC(N4CCC5(CCc6cc7c(cc6O5)C(=O)N(C5CCC(=O)NC5=O)C7=O)CC4)CC3)CC2)c(F)c1. The van der Waals surface area contributed by atoms with Crippen molar-refractivity contribution in [3.8, 4) is 11.8 Å². The first-order chi connectivity index (χ1) is 32.7. The van der Waals surface area contributed by atoms with E-state index in [9.17, 15) is 47.2 Å². The second-order valence-electron chi connectivity index (χ2n) is 20.1. The summed E-state index contributed by atoms with van der Waals surface area (Å²) in [6.07, 6.45) is 4.07. The first kappa shape index (κ1) is 46.5. The molecular weight excluding hydrogens is 919 g/mol. The Hall–Kier alpha value is -6.26. The van der Waals surface area contributed by atoms with Crippen LogP contribution in [0.15, 0.2) is 48.5 Å². The molecule has 6 amide bonds. The number of thiocarbonyl (C=S) groups is 1. The van der Waals surface area contributed by atoms with Gasteiger partial charge in [0.25, 0.3) is 23.6 Å². The van der Waals surface area contributed by atoms with Gasteiger partial charge in [0.05, 0.1) is 39.6 Å². The van der Waals surface area contributed by atoms with Crippen LogP contribution in [0.1, 0.15) is 132 Å². The van der Waals surface area contributed by atoms with E-state index in [2.05, 4.69) is 10.2 Å². The van der Waals surface area contributed by atoms with Gasteiger partial charge >= 0.3 is 6.18 Å². The van der Waals surface area contributed by atoms with Gasteiger partial charge in [0.1, 0.15) is 28.7 Å². The van der Waals surface area contributed by atoms with Gasteiger partial charge in [-0.2, -0.15) is 18.4 Å². The van der Waals surface area contributed by atoms with Crippen LogP contribution in [0.4, 0.5) is 28.9 Å². The Morgan fingerprint density at radius 2 is 1.49 bits per heavy atom. The molecule has 1 N–H and O–H groups in total. The number of hydrogen-bond acceptors (Lipinski definition) is 10. The molecule has 360 valence electrons. The lowest BCUT2D eigenvalue weighted by Crippen LogP contribution is -2.54. The summed E-state index contributed by atoms with van der Waals surface area (Å²) in [5.41, 5.74) is -2.40. The summed E-state index contributed by atoms with van der Waals surface area (Å²) in [7, 11) is 0. The van der Waals surface area contributed by atoms with Crippen LogP contribution in [0, 0.1) is 22.6 Å². The Bertz CT molecular complexity index is 2800. The third-order valence-corrected chi connectivity index (χ3v) is 16.3. The summed E-state index contributed by atoms with van der Waals surface area (Å²) in [5, 5.41) is 11.3. The zero-order chi connectivity index (χ0) is 48.9. The summed E-state index contributed by atoms with van der Waals surface area (Å²) >= 11 is 5.61. The van der Waals surface area contributed by atoms with E-state index >= 15 is 4.39 Å². The van der Waals surface area contributed by atoms with Crippen molar-refractivity contribution >= 4 is 64.1 Å². The molecule has 14 nitrogen and oxygen atoms in total. The minimum absolute atomic E-state index is 0.0512. The Morgan fingerprint density at radius 3 is 2.13 bits per heavy atom. The minimum atomic E-state index is -4.86. The zero-order valence-electron chi connectivity index (χ0n) is 38.0. The number of imide groups is 2. The van der Waals surface area contributed by atoms with E-state index in [1.807, 2.05) is 0 Å². The molecule has 6 heterocycles. The molecule has 10 rings (SSSR count). The van der Waals surface area contributed by atoms with Gasteiger partial charge in [-0.25, -0.2) is 4.39 Å². The summed E-state index contributed by atoms with van der Waals surface area (Å²) in [6.45, 7) is 5.71. The van der Waals surface area contributed by atoms with Crippen LogP contribution >= 0.6 is 12.2 Å². The van der Waals surface area contributed by atoms with Crippen LogP contribution in [-0.4, -0.2) is 105 Å². The normalized spacial score (nSPS) is 23.6.